The normalized spacial score (nSPS) is 40.4. The number of carbonyl (C=O) groups is 1. The minimum atomic E-state index is -3.60. The molecule has 244 valence electrons. The zero-order chi connectivity index (χ0) is 31.5. The van der Waals surface area contributed by atoms with Crippen molar-refractivity contribution in [2.75, 3.05) is 5.75 Å². The van der Waals surface area contributed by atoms with E-state index in [-0.39, 0.29) is 40.2 Å². The Kier molecular flexibility index (Phi) is 9.47. The Labute approximate surface area is 265 Å². The van der Waals surface area contributed by atoms with Gasteiger partial charge in [-0.3, -0.25) is 4.79 Å². The molecule has 5 nitrogen and oxygen atoms in total. The van der Waals surface area contributed by atoms with E-state index in [4.69, 9.17) is 0 Å². The van der Waals surface area contributed by atoms with E-state index < -0.39 is 15.6 Å². The summed E-state index contributed by atoms with van der Waals surface area (Å²) in [5.74, 6) is 2.58. The summed E-state index contributed by atoms with van der Waals surface area (Å²) in [4.78, 5) is 13.8. The van der Waals surface area contributed by atoms with Crippen molar-refractivity contribution in [2.24, 2.45) is 52.3 Å². The van der Waals surface area contributed by atoms with Crippen LogP contribution in [0.25, 0.3) is 0 Å². The maximum Gasteiger partial charge on any atom is 0.194 e. The van der Waals surface area contributed by atoms with Gasteiger partial charge in [-0.25, -0.2) is 8.42 Å². The highest BCUT2D eigenvalue weighted by molar-refractivity contribution is 7.94. The van der Waals surface area contributed by atoms with Crippen molar-refractivity contribution >= 4 is 27.0 Å². The van der Waals surface area contributed by atoms with Gasteiger partial charge in [0.15, 0.2) is 9.84 Å². The second kappa shape index (κ2) is 12.1. The molecule has 7 heteroatoms. The Bertz CT molecular complexity index is 1260. The summed E-state index contributed by atoms with van der Waals surface area (Å²) in [5, 5.41) is 22.5. The Hall–Kier alpha value is -0.760. The molecule has 0 spiro atoms. The van der Waals surface area contributed by atoms with Crippen LogP contribution in [0.4, 0.5) is 0 Å². The van der Waals surface area contributed by atoms with E-state index in [0.29, 0.717) is 46.1 Å². The molecule has 0 aromatic carbocycles. The van der Waals surface area contributed by atoms with Crippen LogP contribution in [0, 0.1) is 52.3 Å². The molecule has 0 amide bonds. The first-order chi connectivity index (χ1) is 20.0. The van der Waals surface area contributed by atoms with Gasteiger partial charge in [0.1, 0.15) is 15.7 Å². The lowest BCUT2D eigenvalue weighted by atomic mass is 9.41. The topological polar surface area (TPSA) is 91.7 Å². The van der Waals surface area contributed by atoms with Crippen molar-refractivity contribution in [2.45, 2.75) is 141 Å². The summed E-state index contributed by atoms with van der Waals surface area (Å²) in [6, 6.07) is 3.53. The zero-order valence-electron chi connectivity index (χ0n) is 27.8. The Morgan fingerprint density at radius 3 is 2.35 bits per heavy atom. The van der Waals surface area contributed by atoms with Gasteiger partial charge >= 0.3 is 0 Å². The molecule has 11 atom stereocenters. The fraction of sp³-hybridized carbons (Fsp3) is 0.861. The van der Waals surface area contributed by atoms with Gasteiger partial charge in [-0.2, -0.15) is 0 Å². The molecule has 4 aliphatic carbocycles. The zero-order valence-corrected chi connectivity index (χ0v) is 29.4. The van der Waals surface area contributed by atoms with Crippen molar-refractivity contribution in [3.05, 3.63) is 17.0 Å². The molecule has 0 radical (unpaired) electrons. The largest absolute Gasteiger partial charge is 0.393 e. The molecule has 4 saturated carbocycles. The fourth-order valence-electron chi connectivity index (χ4n) is 11.0. The number of thiophene rings is 1. The van der Waals surface area contributed by atoms with Crippen molar-refractivity contribution in [3.63, 3.8) is 0 Å². The molecule has 1 aromatic heterocycles. The Morgan fingerprint density at radius 2 is 1.70 bits per heavy atom. The van der Waals surface area contributed by atoms with E-state index >= 15 is 0 Å². The van der Waals surface area contributed by atoms with Gasteiger partial charge < -0.3 is 10.2 Å². The first-order valence-electron chi connectivity index (χ1n) is 17.2. The van der Waals surface area contributed by atoms with E-state index in [9.17, 15) is 23.4 Å². The van der Waals surface area contributed by atoms with Gasteiger partial charge in [0.05, 0.1) is 12.2 Å². The van der Waals surface area contributed by atoms with E-state index in [0.717, 1.165) is 43.4 Å². The summed E-state index contributed by atoms with van der Waals surface area (Å²) < 4.78 is 26.2. The van der Waals surface area contributed by atoms with Crippen LogP contribution >= 0.6 is 11.3 Å². The van der Waals surface area contributed by atoms with Crippen LogP contribution < -0.4 is 0 Å². The average molecular weight is 635 g/mol. The monoisotopic (exact) mass is 634 g/mol. The molecule has 5 rings (SSSR count). The predicted molar refractivity (Wildman–Crippen MR) is 175 cm³/mol. The smallest absolute Gasteiger partial charge is 0.194 e. The molecule has 43 heavy (non-hydrogen) atoms. The molecule has 0 unspecified atom stereocenters. The molecule has 4 aliphatic rings. The summed E-state index contributed by atoms with van der Waals surface area (Å²) >= 11 is 1.29. The Balaban J connectivity index is 1.20. The average Bonchev–Trinajstić information content (AvgIpc) is 3.56. The molecule has 2 N–H and O–H groups in total. The maximum absolute atomic E-state index is 13.0. The van der Waals surface area contributed by atoms with Gasteiger partial charge in [0.2, 0.25) is 0 Å². The van der Waals surface area contributed by atoms with Crippen LogP contribution in [-0.2, 0) is 20.0 Å². The minimum absolute atomic E-state index is 0.111. The number of ketones is 1. The molecule has 1 heterocycles. The number of hydrogen-bond acceptors (Lipinski definition) is 6. The first kappa shape index (κ1) is 33.6. The fourth-order valence-corrected chi connectivity index (χ4v) is 13.7. The van der Waals surface area contributed by atoms with Crippen LogP contribution in [0.5, 0.6) is 0 Å². The molecular weight excluding hydrogens is 577 g/mol. The lowest BCUT2D eigenvalue weighted by Gasteiger charge is -2.64. The number of aliphatic hydroxyl groups excluding tert-OH is 2. The molecule has 0 bridgehead atoms. The van der Waals surface area contributed by atoms with Gasteiger partial charge in [-0.05, 0) is 121 Å². The molecular formula is C36H58O5S2. The quantitative estimate of drug-likeness (QED) is 0.289. The summed E-state index contributed by atoms with van der Waals surface area (Å²) in [5.41, 5.74) is 0.307. The van der Waals surface area contributed by atoms with E-state index in [1.54, 1.807) is 6.07 Å². The van der Waals surface area contributed by atoms with Crippen molar-refractivity contribution in [1.82, 2.24) is 0 Å². The maximum atomic E-state index is 13.0. The highest BCUT2D eigenvalue weighted by Crippen LogP contribution is 2.69. The number of Topliss-reactive ketones (excluding diaryl/α,β-unsaturated/α-hetero) is 1. The predicted octanol–water partition coefficient (Wildman–Crippen LogP) is 7.82. The van der Waals surface area contributed by atoms with Crippen LogP contribution in [0.1, 0.15) is 124 Å². The first-order valence-corrected chi connectivity index (χ1v) is 19.7. The van der Waals surface area contributed by atoms with E-state index in [1.165, 1.54) is 37.0 Å². The summed E-state index contributed by atoms with van der Waals surface area (Å²) in [6.45, 7) is 15.8. The van der Waals surface area contributed by atoms with Crippen molar-refractivity contribution < 1.29 is 23.4 Å². The SMILES string of the molecule is CC[C@H]1[C@@H](O)[C@@H]2[C@H](CC[C@]3(C)[C@@H]([C@H](C)CCCC(=O)CS(=O)(=O)c4ccc(C(C)(C)C)s4)CC[C@@H]23)[C@@]2(C)CC[C@@H](O)C[C@@H]12. The molecule has 1 aromatic rings. The summed E-state index contributed by atoms with van der Waals surface area (Å²) in [6.07, 6.45) is 10.1. The number of hydrogen-bond donors (Lipinski definition) is 2. The standard InChI is InChI=1S/C36H58O5S2/c1-8-25-29-20-23(37)16-18-36(29,7)28-17-19-35(6)26(12-13-27(35)32(28)33(25)39)22(2)10-9-11-24(38)21-43(40,41)31-15-14-30(42-31)34(3,4)5/h14-15,22-23,25-29,32-33,37,39H,8-13,16-21H2,1-7H3/t22-,23-,25-,26-,27+,28+,29+,32+,33-,35-,36-/m1/s1. The van der Waals surface area contributed by atoms with Crippen LogP contribution in [-0.4, -0.2) is 42.4 Å². The lowest BCUT2D eigenvalue weighted by molar-refractivity contribution is -0.203. The Morgan fingerprint density at radius 1 is 1.02 bits per heavy atom. The van der Waals surface area contributed by atoms with Gasteiger partial charge in [0, 0.05) is 11.3 Å². The van der Waals surface area contributed by atoms with Gasteiger partial charge in [0.25, 0.3) is 0 Å². The van der Waals surface area contributed by atoms with Gasteiger partial charge in [-0.15, -0.1) is 11.3 Å². The number of rotatable bonds is 9. The second-order valence-corrected chi connectivity index (χ2v) is 20.0. The van der Waals surface area contributed by atoms with E-state index in [2.05, 4.69) is 48.5 Å². The third-order valence-electron chi connectivity index (χ3n) is 13.2. The molecule has 4 fully saturated rings. The van der Waals surface area contributed by atoms with Crippen LogP contribution in [0.2, 0.25) is 0 Å². The minimum Gasteiger partial charge on any atom is -0.393 e. The number of sulfone groups is 1. The van der Waals surface area contributed by atoms with Crippen molar-refractivity contribution in [3.8, 4) is 0 Å². The highest BCUT2D eigenvalue weighted by atomic mass is 32.2. The van der Waals surface area contributed by atoms with Crippen molar-refractivity contribution in [1.29, 1.82) is 0 Å². The number of carbonyl (C=O) groups excluding carboxylic acids is 1. The third-order valence-corrected chi connectivity index (χ3v) is 17.0. The molecule has 0 saturated heterocycles. The highest BCUT2D eigenvalue weighted by Gasteiger charge is 2.64. The summed E-state index contributed by atoms with van der Waals surface area (Å²) in [7, 11) is -3.60. The van der Waals surface area contributed by atoms with E-state index in [1.807, 2.05) is 6.07 Å². The molecule has 0 aliphatic heterocycles. The second-order valence-electron chi connectivity index (χ2n) is 16.7. The number of aliphatic hydroxyl groups is 2. The number of fused-ring (bicyclic) bond motifs is 5. The third kappa shape index (κ3) is 6.07. The lowest BCUT2D eigenvalue weighted by Crippen LogP contribution is -2.62. The van der Waals surface area contributed by atoms with Gasteiger partial charge in [-0.1, -0.05) is 61.3 Å². The van der Waals surface area contributed by atoms with Crippen LogP contribution in [0.3, 0.4) is 0 Å². The van der Waals surface area contributed by atoms with Crippen LogP contribution in [0.15, 0.2) is 16.3 Å².